The van der Waals surface area contributed by atoms with E-state index in [-0.39, 0.29) is 12.0 Å². The number of nitrogens with zero attached hydrogens (tertiary/aromatic N) is 2. The van der Waals surface area contributed by atoms with Crippen LogP contribution in [0.3, 0.4) is 0 Å². The Balaban J connectivity index is 0.000000455. The number of aliphatic carboxylic acids is 1. The fourth-order valence-corrected chi connectivity index (χ4v) is 2.20. The SMILES string of the molecule is C[N+](C)(C)C[C@H](O)CC(=O)[O-].O=C(O)c1cccnc1.O=C1O[C@H]([C@@H](O)CO)C(O)=C1O. The van der Waals surface area contributed by atoms with E-state index < -0.39 is 54.3 Å². The van der Waals surface area contributed by atoms with Gasteiger partial charge in [0.05, 0.1) is 33.3 Å². The summed E-state index contributed by atoms with van der Waals surface area (Å²) >= 11 is 0. The van der Waals surface area contributed by atoms with Crippen LogP contribution < -0.4 is 5.11 Å². The van der Waals surface area contributed by atoms with Crippen LogP contribution in [0.2, 0.25) is 0 Å². The van der Waals surface area contributed by atoms with Crippen LogP contribution in [0.1, 0.15) is 16.8 Å². The molecule has 13 heteroatoms. The first-order valence-electron chi connectivity index (χ1n) is 9.13. The van der Waals surface area contributed by atoms with E-state index in [0.717, 1.165) is 0 Å². The fourth-order valence-electron chi connectivity index (χ4n) is 2.20. The summed E-state index contributed by atoms with van der Waals surface area (Å²) in [5.74, 6) is -4.92. The first kappa shape index (κ1) is 28.7. The van der Waals surface area contributed by atoms with Gasteiger partial charge in [0.2, 0.25) is 5.76 Å². The van der Waals surface area contributed by atoms with Gasteiger partial charge in [0, 0.05) is 24.8 Å². The van der Waals surface area contributed by atoms with Crippen molar-refractivity contribution < 1.29 is 59.3 Å². The number of carbonyl (C=O) groups excluding carboxylic acids is 2. The molecular formula is C19H28N2O11. The summed E-state index contributed by atoms with van der Waals surface area (Å²) in [6.45, 7) is -0.247. The van der Waals surface area contributed by atoms with Crippen molar-refractivity contribution in [3.05, 3.63) is 41.6 Å². The van der Waals surface area contributed by atoms with E-state index in [1.807, 2.05) is 21.1 Å². The Hall–Kier alpha value is -3.26. The summed E-state index contributed by atoms with van der Waals surface area (Å²) in [7, 11) is 5.66. The summed E-state index contributed by atoms with van der Waals surface area (Å²) in [5.41, 5.74) is 0.220. The molecule has 2 heterocycles. The van der Waals surface area contributed by atoms with Crippen LogP contribution in [0, 0.1) is 0 Å². The number of aromatic carboxylic acids is 1. The maximum absolute atomic E-state index is 10.5. The van der Waals surface area contributed by atoms with Gasteiger partial charge in [0.25, 0.3) is 0 Å². The lowest BCUT2D eigenvalue weighted by Gasteiger charge is -2.26. The predicted molar refractivity (Wildman–Crippen MR) is 105 cm³/mol. The number of rotatable bonds is 7. The molecule has 0 unspecified atom stereocenters. The molecule has 1 aromatic heterocycles. The molecule has 0 amide bonds. The third kappa shape index (κ3) is 11.2. The van der Waals surface area contributed by atoms with E-state index in [1.165, 1.54) is 18.5 Å². The number of aliphatic hydroxyl groups excluding tert-OH is 5. The number of aromatic nitrogens is 1. The predicted octanol–water partition coefficient (Wildman–Crippen LogP) is -2.43. The largest absolute Gasteiger partial charge is 0.550 e. The van der Waals surface area contributed by atoms with Gasteiger partial charge >= 0.3 is 11.9 Å². The van der Waals surface area contributed by atoms with E-state index >= 15 is 0 Å². The molecule has 0 aromatic carbocycles. The standard InChI is InChI=1S/C7H15NO3.C6H5NO2.C6H8O6/c1-8(2,3)5-6(9)4-7(10)11;8-6(9)5-2-1-3-7-4-5;7-1-2(8)5-3(9)4(10)6(11)12-5/h6,9H,4-5H2,1-3H3;1-4H,(H,8,9);2,5,7-10H,1H2/t6-;;2-,5+/m1.0/s1. The van der Waals surface area contributed by atoms with Gasteiger partial charge in [-0.1, -0.05) is 0 Å². The van der Waals surface area contributed by atoms with Crippen molar-refractivity contribution in [2.45, 2.75) is 24.7 Å². The van der Waals surface area contributed by atoms with Crippen LogP contribution in [0.25, 0.3) is 0 Å². The molecule has 0 fully saturated rings. The highest BCUT2D eigenvalue weighted by atomic mass is 16.6. The van der Waals surface area contributed by atoms with Gasteiger partial charge in [-0.05, 0) is 12.1 Å². The van der Waals surface area contributed by atoms with E-state index in [1.54, 1.807) is 6.07 Å². The Morgan fingerprint density at radius 2 is 1.84 bits per heavy atom. The maximum atomic E-state index is 10.5. The second-order valence-corrected chi connectivity index (χ2v) is 7.56. The average molecular weight is 460 g/mol. The number of quaternary nitrogens is 1. The van der Waals surface area contributed by atoms with Gasteiger partial charge in [-0.3, -0.25) is 4.98 Å². The lowest BCUT2D eigenvalue weighted by molar-refractivity contribution is -0.873. The van der Waals surface area contributed by atoms with E-state index in [4.69, 9.17) is 30.6 Å². The van der Waals surface area contributed by atoms with Crippen LogP contribution in [-0.4, -0.2) is 111 Å². The molecule has 1 aromatic rings. The van der Waals surface area contributed by atoms with E-state index in [9.17, 15) is 19.5 Å². The van der Waals surface area contributed by atoms with E-state index in [0.29, 0.717) is 11.0 Å². The maximum Gasteiger partial charge on any atom is 0.377 e. The first-order chi connectivity index (χ1) is 14.7. The van der Waals surface area contributed by atoms with Crippen LogP contribution >= 0.6 is 0 Å². The van der Waals surface area contributed by atoms with Crippen molar-refractivity contribution in [3.8, 4) is 0 Å². The minimum absolute atomic E-state index is 0.220. The molecule has 6 N–H and O–H groups in total. The Labute approximate surface area is 183 Å². The number of esters is 1. The lowest BCUT2D eigenvalue weighted by Crippen LogP contribution is -2.43. The molecule has 2 rings (SSSR count). The van der Waals surface area contributed by atoms with Crippen molar-refractivity contribution in [2.24, 2.45) is 0 Å². The zero-order chi connectivity index (χ0) is 25.1. The molecule has 3 atom stereocenters. The summed E-state index contributed by atoms with van der Waals surface area (Å²) < 4.78 is 4.87. The molecule has 0 saturated heterocycles. The first-order valence-corrected chi connectivity index (χ1v) is 9.13. The highest BCUT2D eigenvalue weighted by molar-refractivity contribution is 5.89. The minimum Gasteiger partial charge on any atom is -0.550 e. The van der Waals surface area contributed by atoms with Crippen molar-refractivity contribution in [1.29, 1.82) is 0 Å². The van der Waals surface area contributed by atoms with Crippen LogP contribution in [0.4, 0.5) is 0 Å². The smallest absolute Gasteiger partial charge is 0.377 e. The van der Waals surface area contributed by atoms with Gasteiger partial charge in [-0.15, -0.1) is 0 Å². The topological polar surface area (TPSA) is 218 Å². The zero-order valence-electron chi connectivity index (χ0n) is 17.8. The van der Waals surface area contributed by atoms with Crippen LogP contribution in [0.15, 0.2) is 36.0 Å². The summed E-state index contributed by atoms with van der Waals surface area (Å²) in [5, 5.41) is 62.5. The molecule has 1 aliphatic rings. The molecule has 1 aliphatic heterocycles. The van der Waals surface area contributed by atoms with Crippen molar-refractivity contribution in [2.75, 3.05) is 34.3 Å². The van der Waals surface area contributed by atoms with Crippen LogP contribution in [0.5, 0.6) is 0 Å². The molecule has 0 saturated carbocycles. The van der Waals surface area contributed by atoms with Gasteiger partial charge in [0.1, 0.15) is 18.8 Å². The summed E-state index contributed by atoms with van der Waals surface area (Å²) in [4.78, 5) is 34.3. The Kier molecular flexibility index (Phi) is 11.9. The van der Waals surface area contributed by atoms with Gasteiger partial charge in [-0.2, -0.15) is 0 Å². The number of carbonyl (C=O) groups is 3. The van der Waals surface area contributed by atoms with Gasteiger partial charge in [-0.25, -0.2) is 9.59 Å². The number of pyridine rings is 1. The molecule has 180 valence electrons. The van der Waals surface area contributed by atoms with Gasteiger partial charge < -0.3 is 49.8 Å². The van der Waals surface area contributed by atoms with Crippen molar-refractivity contribution >= 4 is 17.9 Å². The van der Waals surface area contributed by atoms with Crippen molar-refractivity contribution in [1.82, 2.24) is 4.98 Å². The Bertz CT molecular complexity index is 790. The monoisotopic (exact) mass is 460 g/mol. The molecule has 32 heavy (non-hydrogen) atoms. The quantitative estimate of drug-likeness (QED) is 0.185. The molecule has 0 radical (unpaired) electrons. The lowest BCUT2D eigenvalue weighted by atomic mass is 10.2. The Morgan fingerprint density at radius 1 is 1.25 bits per heavy atom. The second kappa shape index (κ2) is 13.2. The molecule has 0 bridgehead atoms. The molecular weight excluding hydrogens is 432 g/mol. The average Bonchev–Trinajstić information content (AvgIpc) is 2.94. The minimum atomic E-state index is -1.42. The molecule has 0 spiro atoms. The third-order valence-corrected chi connectivity index (χ3v) is 3.55. The number of carboxylic acids is 2. The number of cyclic esters (lactones) is 1. The number of hydrogen-bond acceptors (Lipinski definition) is 11. The van der Waals surface area contributed by atoms with Gasteiger partial charge in [0.15, 0.2) is 11.9 Å². The normalized spacial score (nSPS) is 17.2. The number of aliphatic hydroxyl groups is 5. The summed E-state index contributed by atoms with van der Waals surface area (Å²) in [6, 6.07) is 3.08. The Morgan fingerprint density at radius 3 is 2.16 bits per heavy atom. The highest BCUT2D eigenvalue weighted by Crippen LogP contribution is 2.20. The fraction of sp³-hybridized carbons (Fsp3) is 0.474. The van der Waals surface area contributed by atoms with E-state index in [2.05, 4.69) is 9.72 Å². The number of carboxylic acid groups (broad SMARTS) is 2. The third-order valence-electron chi connectivity index (χ3n) is 3.55. The zero-order valence-corrected chi connectivity index (χ0v) is 17.8. The van der Waals surface area contributed by atoms with Crippen LogP contribution in [-0.2, 0) is 14.3 Å². The number of hydrogen-bond donors (Lipinski definition) is 6. The molecule has 13 nitrogen and oxygen atoms in total. The molecule has 0 aliphatic carbocycles. The van der Waals surface area contributed by atoms with Crippen molar-refractivity contribution in [3.63, 3.8) is 0 Å². The summed E-state index contributed by atoms with van der Waals surface area (Å²) in [6.07, 6.45) is -1.02. The second-order valence-electron chi connectivity index (χ2n) is 7.56. The number of ether oxygens (including phenoxy) is 1. The number of likely N-dealkylation sites (N-methyl/N-ethyl adjacent to an activating group) is 1. The highest BCUT2D eigenvalue weighted by Gasteiger charge is 2.38.